The van der Waals surface area contributed by atoms with Gasteiger partial charge in [0.05, 0.1) is 6.26 Å². The summed E-state index contributed by atoms with van der Waals surface area (Å²) in [6.07, 6.45) is 1.53. The Balaban J connectivity index is 1.86. The fraction of sp³-hybridized carbons (Fsp3) is 0.353. The number of carbonyl (C=O) groups is 1. The molecular formula is C17H20N4O3. The Kier molecular flexibility index (Phi) is 4.01. The molecule has 1 amide bonds. The van der Waals surface area contributed by atoms with Gasteiger partial charge in [-0.3, -0.25) is 14.7 Å². The van der Waals surface area contributed by atoms with E-state index in [-0.39, 0.29) is 17.4 Å². The second-order valence-corrected chi connectivity index (χ2v) is 6.12. The predicted octanol–water partition coefficient (Wildman–Crippen LogP) is 2.29. The Morgan fingerprint density at radius 2 is 2.17 bits per heavy atom. The van der Waals surface area contributed by atoms with E-state index in [4.69, 9.17) is 4.42 Å². The normalized spacial score (nSPS) is 11.4. The molecule has 0 aliphatic rings. The molecule has 0 radical (unpaired) electrons. The molecule has 3 rings (SSSR count). The third-order valence-corrected chi connectivity index (χ3v) is 4.15. The quantitative estimate of drug-likeness (QED) is 0.768. The summed E-state index contributed by atoms with van der Waals surface area (Å²) >= 11 is 0. The molecule has 0 atom stereocenters. The Morgan fingerprint density at radius 3 is 2.88 bits per heavy atom. The van der Waals surface area contributed by atoms with Crippen LogP contribution in [-0.2, 0) is 6.54 Å². The summed E-state index contributed by atoms with van der Waals surface area (Å²) in [4.78, 5) is 28.3. The minimum absolute atomic E-state index is 0.205. The largest absolute Gasteiger partial charge is 0.459 e. The molecule has 3 aromatic rings. The van der Waals surface area contributed by atoms with E-state index in [1.165, 1.54) is 12.3 Å². The van der Waals surface area contributed by atoms with Crippen LogP contribution in [0.2, 0.25) is 0 Å². The lowest BCUT2D eigenvalue weighted by atomic mass is 10.0. The second kappa shape index (κ2) is 5.99. The van der Waals surface area contributed by atoms with E-state index in [0.29, 0.717) is 18.0 Å². The highest BCUT2D eigenvalue weighted by Gasteiger charge is 2.18. The molecular weight excluding hydrogens is 308 g/mol. The number of nitrogens with one attached hydrogen (secondary N) is 2. The van der Waals surface area contributed by atoms with Gasteiger partial charge >= 0.3 is 0 Å². The van der Waals surface area contributed by atoms with Crippen molar-refractivity contribution >= 4 is 11.6 Å². The van der Waals surface area contributed by atoms with Crippen LogP contribution in [0.25, 0.3) is 5.65 Å². The monoisotopic (exact) mass is 328 g/mol. The molecule has 0 saturated heterocycles. The summed E-state index contributed by atoms with van der Waals surface area (Å²) in [5, 5.41) is 5.57. The summed E-state index contributed by atoms with van der Waals surface area (Å²) in [7, 11) is 0. The summed E-state index contributed by atoms with van der Waals surface area (Å²) in [5.74, 6) is 0.281. The third kappa shape index (κ3) is 2.73. The van der Waals surface area contributed by atoms with E-state index in [2.05, 4.69) is 15.4 Å². The van der Waals surface area contributed by atoms with Gasteiger partial charge in [-0.2, -0.15) is 0 Å². The number of aromatic nitrogens is 3. The second-order valence-electron chi connectivity index (χ2n) is 6.12. The number of aryl methyl sites for hydroxylation is 2. The number of H-pyrrole nitrogens is 1. The van der Waals surface area contributed by atoms with Gasteiger partial charge in [0, 0.05) is 35.1 Å². The molecule has 0 saturated carbocycles. The van der Waals surface area contributed by atoms with Gasteiger partial charge in [0.1, 0.15) is 0 Å². The maximum absolute atomic E-state index is 12.4. The first-order chi connectivity index (χ1) is 11.4. The van der Waals surface area contributed by atoms with Crippen LogP contribution in [0.4, 0.5) is 0 Å². The Hall–Kier alpha value is -2.83. The molecule has 7 nitrogen and oxygen atoms in total. The van der Waals surface area contributed by atoms with Crippen molar-refractivity contribution in [2.24, 2.45) is 0 Å². The first-order valence-electron chi connectivity index (χ1n) is 7.82. The number of furan rings is 1. The van der Waals surface area contributed by atoms with Crippen LogP contribution in [0.3, 0.4) is 0 Å². The summed E-state index contributed by atoms with van der Waals surface area (Å²) < 4.78 is 6.96. The molecule has 0 bridgehead atoms. The summed E-state index contributed by atoms with van der Waals surface area (Å²) in [5.41, 5.74) is 3.71. The summed E-state index contributed by atoms with van der Waals surface area (Å²) in [6.45, 7) is 8.06. The molecule has 0 aromatic carbocycles. The van der Waals surface area contributed by atoms with Crippen LogP contribution in [0, 0.1) is 13.8 Å². The van der Waals surface area contributed by atoms with E-state index < -0.39 is 0 Å². The molecule has 0 aliphatic carbocycles. The summed E-state index contributed by atoms with van der Waals surface area (Å²) in [6, 6.07) is 3.26. The molecule has 0 unspecified atom stereocenters. The van der Waals surface area contributed by atoms with E-state index in [0.717, 1.165) is 22.5 Å². The number of carbonyl (C=O) groups excluding carboxylic acids is 1. The molecule has 24 heavy (non-hydrogen) atoms. The average molecular weight is 328 g/mol. The molecule has 0 spiro atoms. The van der Waals surface area contributed by atoms with Gasteiger partial charge in [-0.25, -0.2) is 9.50 Å². The lowest BCUT2D eigenvalue weighted by molar-refractivity contribution is 0.0921. The predicted molar refractivity (Wildman–Crippen MR) is 89.3 cm³/mol. The zero-order valence-electron chi connectivity index (χ0n) is 14.1. The zero-order valence-corrected chi connectivity index (χ0v) is 14.1. The van der Waals surface area contributed by atoms with Crippen LogP contribution in [0.15, 0.2) is 27.6 Å². The minimum atomic E-state index is -0.261. The average Bonchev–Trinajstić information content (AvgIpc) is 3.13. The molecule has 2 N–H and O–H groups in total. The lowest BCUT2D eigenvalue weighted by Crippen LogP contribution is -2.25. The highest BCUT2D eigenvalue weighted by Crippen LogP contribution is 2.21. The number of nitrogens with zero attached hydrogens (tertiary/aromatic N) is 2. The molecule has 126 valence electrons. The van der Waals surface area contributed by atoms with Crippen molar-refractivity contribution in [1.29, 1.82) is 0 Å². The van der Waals surface area contributed by atoms with Crippen LogP contribution < -0.4 is 10.9 Å². The molecule has 0 fully saturated rings. The van der Waals surface area contributed by atoms with Crippen LogP contribution in [-0.4, -0.2) is 20.5 Å². The standard InChI is InChI=1S/C17H20N4O3/c1-9(2)12-5-6-24-16(12)17(23)18-8-13-10(3)19-14-7-15(22)20-21(14)11(13)4/h5-7,9H,8H2,1-4H3,(H,18,23)(H,20,22). The number of hydrogen-bond acceptors (Lipinski definition) is 4. The van der Waals surface area contributed by atoms with Crippen molar-refractivity contribution in [2.45, 2.75) is 40.2 Å². The van der Waals surface area contributed by atoms with Crippen molar-refractivity contribution in [1.82, 2.24) is 19.9 Å². The van der Waals surface area contributed by atoms with Gasteiger partial charge < -0.3 is 9.73 Å². The van der Waals surface area contributed by atoms with E-state index in [1.54, 1.807) is 4.52 Å². The van der Waals surface area contributed by atoms with Gasteiger partial charge in [-0.05, 0) is 25.8 Å². The van der Waals surface area contributed by atoms with Crippen molar-refractivity contribution < 1.29 is 9.21 Å². The molecule has 3 heterocycles. The van der Waals surface area contributed by atoms with Crippen molar-refractivity contribution in [3.8, 4) is 0 Å². The SMILES string of the molecule is Cc1nc2cc(=O)[nH]n2c(C)c1CNC(=O)c1occc1C(C)C. The van der Waals surface area contributed by atoms with Gasteiger partial charge in [0.15, 0.2) is 11.4 Å². The van der Waals surface area contributed by atoms with E-state index in [9.17, 15) is 9.59 Å². The number of amides is 1. The molecule has 3 aromatic heterocycles. The minimum Gasteiger partial charge on any atom is -0.459 e. The van der Waals surface area contributed by atoms with Crippen LogP contribution in [0.5, 0.6) is 0 Å². The highest BCUT2D eigenvalue weighted by molar-refractivity contribution is 5.93. The van der Waals surface area contributed by atoms with Crippen molar-refractivity contribution in [3.05, 3.63) is 57.0 Å². The fourth-order valence-corrected chi connectivity index (χ4v) is 2.82. The number of fused-ring (bicyclic) bond motifs is 1. The number of rotatable bonds is 4. The van der Waals surface area contributed by atoms with Gasteiger partial charge in [-0.1, -0.05) is 13.8 Å². The maximum atomic E-state index is 12.4. The lowest BCUT2D eigenvalue weighted by Gasteiger charge is -2.12. The van der Waals surface area contributed by atoms with Gasteiger partial charge in [0.25, 0.3) is 11.5 Å². The third-order valence-electron chi connectivity index (χ3n) is 4.15. The maximum Gasteiger partial charge on any atom is 0.287 e. The van der Waals surface area contributed by atoms with Crippen LogP contribution >= 0.6 is 0 Å². The molecule has 7 heteroatoms. The Bertz CT molecular complexity index is 962. The van der Waals surface area contributed by atoms with Crippen LogP contribution in [0.1, 0.15) is 52.8 Å². The smallest absolute Gasteiger partial charge is 0.287 e. The molecule has 0 aliphatic heterocycles. The van der Waals surface area contributed by atoms with Gasteiger partial charge in [-0.15, -0.1) is 0 Å². The topological polar surface area (TPSA) is 92.4 Å². The van der Waals surface area contributed by atoms with Crippen molar-refractivity contribution in [2.75, 3.05) is 0 Å². The van der Waals surface area contributed by atoms with Crippen molar-refractivity contribution in [3.63, 3.8) is 0 Å². The zero-order chi connectivity index (χ0) is 17.4. The Morgan fingerprint density at radius 1 is 1.42 bits per heavy atom. The number of hydrogen-bond donors (Lipinski definition) is 2. The Labute approximate surface area is 138 Å². The van der Waals surface area contributed by atoms with E-state index >= 15 is 0 Å². The van der Waals surface area contributed by atoms with E-state index in [1.807, 2.05) is 33.8 Å². The number of aromatic amines is 1. The first-order valence-corrected chi connectivity index (χ1v) is 7.82. The fourth-order valence-electron chi connectivity index (χ4n) is 2.82. The highest BCUT2D eigenvalue weighted by atomic mass is 16.3. The first kappa shape index (κ1) is 16.0. The van der Waals surface area contributed by atoms with Gasteiger partial charge in [0.2, 0.25) is 0 Å².